The standard InChI is InChI=1S/C15H28N2O2/c1-4-19-15(18)14(16-13-7-8-13)10-17(11(2)3)9-12-5-6-12/h11-14,16H,4-10H2,1-3H3. The predicted molar refractivity (Wildman–Crippen MR) is 76.0 cm³/mol. The number of hydrogen-bond acceptors (Lipinski definition) is 4. The first-order valence-electron chi connectivity index (χ1n) is 7.76. The number of rotatable bonds is 9. The molecule has 1 N–H and O–H groups in total. The maximum absolute atomic E-state index is 12.1. The molecule has 0 radical (unpaired) electrons. The highest BCUT2D eigenvalue weighted by Crippen LogP contribution is 2.30. The predicted octanol–water partition coefficient (Wildman–Crippen LogP) is 1.79. The summed E-state index contributed by atoms with van der Waals surface area (Å²) in [5.41, 5.74) is 0. The largest absolute Gasteiger partial charge is 0.465 e. The van der Waals surface area contributed by atoms with Crippen LogP contribution in [-0.4, -0.2) is 48.7 Å². The minimum atomic E-state index is -0.159. The average Bonchev–Trinajstić information content (AvgIpc) is 3.22. The fraction of sp³-hybridized carbons (Fsp3) is 0.933. The highest BCUT2D eigenvalue weighted by Gasteiger charge is 2.33. The molecule has 2 rings (SSSR count). The van der Waals surface area contributed by atoms with E-state index in [9.17, 15) is 4.79 Å². The van der Waals surface area contributed by atoms with E-state index < -0.39 is 0 Å². The topological polar surface area (TPSA) is 41.6 Å². The van der Waals surface area contributed by atoms with E-state index in [1.165, 1.54) is 25.7 Å². The number of nitrogens with one attached hydrogen (secondary N) is 1. The Morgan fingerprint density at radius 3 is 2.47 bits per heavy atom. The zero-order valence-corrected chi connectivity index (χ0v) is 12.5. The molecule has 2 fully saturated rings. The summed E-state index contributed by atoms with van der Waals surface area (Å²) in [4.78, 5) is 14.5. The molecule has 0 amide bonds. The minimum Gasteiger partial charge on any atom is -0.465 e. The number of carbonyl (C=O) groups excluding carboxylic acids is 1. The summed E-state index contributed by atoms with van der Waals surface area (Å²) in [5.74, 6) is 0.766. The van der Waals surface area contributed by atoms with Gasteiger partial charge in [0, 0.05) is 25.2 Å². The number of carbonyl (C=O) groups is 1. The molecule has 19 heavy (non-hydrogen) atoms. The first-order chi connectivity index (χ1) is 9.10. The van der Waals surface area contributed by atoms with Gasteiger partial charge < -0.3 is 10.1 Å². The van der Waals surface area contributed by atoms with Crippen molar-refractivity contribution in [3.8, 4) is 0 Å². The van der Waals surface area contributed by atoms with Crippen LogP contribution in [0, 0.1) is 5.92 Å². The molecule has 4 nitrogen and oxygen atoms in total. The van der Waals surface area contributed by atoms with E-state index in [0.717, 1.165) is 19.0 Å². The van der Waals surface area contributed by atoms with Gasteiger partial charge in [0.25, 0.3) is 0 Å². The van der Waals surface area contributed by atoms with E-state index in [4.69, 9.17) is 4.74 Å². The maximum Gasteiger partial charge on any atom is 0.324 e. The lowest BCUT2D eigenvalue weighted by molar-refractivity contribution is -0.146. The van der Waals surface area contributed by atoms with E-state index in [-0.39, 0.29) is 12.0 Å². The highest BCUT2D eigenvalue weighted by molar-refractivity contribution is 5.76. The van der Waals surface area contributed by atoms with Gasteiger partial charge in [-0.15, -0.1) is 0 Å². The molecule has 2 saturated carbocycles. The van der Waals surface area contributed by atoms with Crippen molar-refractivity contribution < 1.29 is 9.53 Å². The van der Waals surface area contributed by atoms with E-state index in [2.05, 4.69) is 24.1 Å². The number of ether oxygens (including phenoxy) is 1. The normalized spacial score (nSPS) is 20.9. The van der Waals surface area contributed by atoms with Crippen molar-refractivity contribution >= 4 is 5.97 Å². The van der Waals surface area contributed by atoms with Gasteiger partial charge in [-0.2, -0.15) is 0 Å². The lowest BCUT2D eigenvalue weighted by Gasteiger charge is -2.30. The molecule has 0 heterocycles. The molecular formula is C15H28N2O2. The van der Waals surface area contributed by atoms with Crippen LogP contribution in [0.5, 0.6) is 0 Å². The molecule has 0 saturated heterocycles. The molecule has 0 bridgehead atoms. The van der Waals surface area contributed by atoms with Crippen LogP contribution in [0.4, 0.5) is 0 Å². The van der Waals surface area contributed by atoms with Gasteiger partial charge in [-0.1, -0.05) is 0 Å². The Balaban J connectivity index is 1.88. The molecule has 0 aliphatic heterocycles. The highest BCUT2D eigenvalue weighted by atomic mass is 16.5. The average molecular weight is 268 g/mol. The van der Waals surface area contributed by atoms with Gasteiger partial charge >= 0.3 is 5.97 Å². The van der Waals surface area contributed by atoms with Crippen molar-refractivity contribution in [2.45, 2.75) is 64.6 Å². The van der Waals surface area contributed by atoms with E-state index >= 15 is 0 Å². The smallest absolute Gasteiger partial charge is 0.324 e. The molecule has 1 atom stereocenters. The summed E-state index contributed by atoms with van der Waals surface area (Å²) in [5, 5.41) is 3.44. The first kappa shape index (κ1) is 14.8. The van der Waals surface area contributed by atoms with Crippen LogP contribution < -0.4 is 5.32 Å². The van der Waals surface area contributed by atoms with Crippen molar-refractivity contribution in [1.29, 1.82) is 0 Å². The maximum atomic E-state index is 12.1. The molecular weight excluding hydrogens is 240 g/mol. The van der Waals surface area contributed by atoms with Crippen molar-refractivity contribution in [3.63, 3.8) is 0 Å². The number of esters is 1. The summed E-state index contributed by atoms with van der Waals surface area (Å²) in [7, 11) is 0. The Labute approximate surface area is 116 Å². The van der Waals surface area contributed by atoms with Crippen LogP contribution >= 0.6 is 0 Å². The Kier molecular flexibility index (Phi) is 5.22. The van der Waals surface area contributed by atoms with E-state index in [0.29, 0.717) is 18.7 Å². The van der Waals surface area contributed by atoms with Crippen molar-refractivity contribution in [3.05, 3.63) is 0 Å². The number of nitrogens with zero attached hydrogens (tertiary/aromatic N) is 1. The second-order valence-electron chi connectivity index (χ2n) is 6.24. The van der Waals surface area contributed by atoms with Crippen LogP contribution in [0.2, 0.25) is 0 Å². The van der Waals surface area contributed by atoms with Gasteiger partial charge in [-0.25, -0.2) is 0 Å². The fourth-order valence-corrected chi connectivity index (χ4v) is 2.34. The summed E-state index contributed by atoms with van der Waals surface area (Å²) in [6, 6.07) is 0.858. The summed E-state index contributed by atoms with van der Waals surface area (Å²) in [6.07, 6.45) is 5.09. The summed E-state index contributed by atoms with van der Waals surface area (Å²) in [6.45, 7) is 8.66. The van der Waals surface area contributed by atoms with Crippen LogP contribution in [-0.2, 0) is 9.53 Å². The third-order valence-electron chi connectivity index (χ3n) is 3.92. The third-order valence-corrected chi connectivity index (χ3v) is 3.92. The molecule has 0 aromatic rings. The lowest BCUT2D eigenvalue weighted by Crippen LogP contribution is -2.50. The molecule has 0 spiro atoms. The van der Waals surface area contributed by atoms with Gasteiger partial charge in [-0.3, -0.25) is 9.69 Å². The van der Waals surface area contributed by atoms with Gasteiger partial charge in [-0.05, 0) is 52.4 Å². The molecule has 1 unspecified atom stereocenters. The van der Waals surface area contributed by atoms with E-state index in [1.54, 1.807) is 0 Å². The number of hydrogen-bond donors (Lipinski definition) is 1. The zero-order chi connectivity index (χ0) is 13.8. The van der Waals surface area contributed by atoms with Gasteiger partial charge in [0.2, 0.25) is 0 Å². The molecule has 0 aromatic heterocycles. The lowest BCUT2D eigenvalue weighted by atomic mass is 10.2. The Hall–Kier alpha value is -0.610. The van der Waals surface area contributed by atoms with Crippen LogP contribution in [0.25, 0.3) is 0 Å². The van der Waals surface area contributed by atoms with E-state index in [1.807, 2.05) is 6.92 Å². The van der Waals surface area contributed by atoms with Crippen molar-refractivity contribution in [2.24, 2.45) is 5.92 Å². The molecule has 2 aliphatic carbocycles. The van der Waals surface area contributed by atoms with Crippen LogP contribution in [0.1, 0.15) is 46.5 Å². The zero-order valence-electron chi connectivity index (χ0n) is 12.5. The Bertz CT molecular complexity index is 299. The van der Waals surface area contributed by atoms with Gasteiger partial charge in [0.05, 0.1) is 6.61 Å². The molecule has 0 aromatic carbocycles. The fourth-order valence-electron chi connectivity index (χ4n) is 2.34. The van der Waals surface area contributed by atoms with Crippen molar-refractivity contribution in [2.75, 3.05) is 19.7 Å². The summed E-state index contributed by atoms with van der Waals surface area (Å²) >= 11 is 0. The van der Waals surface area contributed by atoms with Crippen LogP contribution in [0.3, 0.4) is 0 Å². The van der Waals surface area contributed by atoms with Crippen LogP contribution in [0.15, 0.2) is 0 Å². The minimum absolute atomic E-state index is 0.0872. The third kappa shape index (κ3) is 5.11. The first-order valence-corrected chi connectivity index (χ1v) is 7.76. The molecule has 4 heteroatoms. The monoisotopic (exact) mass is 268 g/mol. The second kappa shape index (κ2) is 6.71. The Morgan fingerprint density at radius 1 is 1.32 bits per heavy atom. The SMILES string of the molecule is CCOC(=O)C(CN(CC1CC1)C(C)C)NC1CC1. The molecule has 110 valence electrons. The van der Waals surface area contributed by atoms with Gasteiger partial charge in [0.15, 0.2) is 0 Å². The second-order valence-corrected chi connectivity index (χ2v) is 6.24. The quantitative estimate of drug-likeness (QED) is 0.647. The van der Waals surface area contributed by atoms with Crippen molar-refractivity contribution in [1.82, 2.24) is 10.2 Å². The summed E-state index contributed by atoms with van der Waals surface area (Å²) < 4.78 is 5.21. The van der Waals surface area contributed by atoms with Gasteiger partial charge in [0.1, 0.15) is 6.04 Å². The Morgan fingerprint density at radius 2 is 2.00 bits per heavy atom. The molecule has 2 aliphatic rings.